The van der Waals surface area contributed by atoms with Gasteiger partial charge in [0.2, 0.25) is 0 Å². The Morgan fingerprint density at radius 3 is 2.81 bits per heavy atom. The number of pyridine rings is 1. The van der Waals surface area contributed by atoms with Crippen LogP contribution in [0, 0.1) is 0 Å². The van der Waals surface area contributed by atoms with Gasteiger partial charge in [0.05, 0.1) is 29.2 Å². The van der Waals surface area contributed by atoms with Crippen LogP contribution in [0.15, 0.2) is 23.1 Å². The quantitative estimate of drug-likeness (QED) is 0.599. The molecule has 3 aromatic rings. The Bertz CT molecular complexity index is 1100. The van der Waals surface area contributed by atoms with Crippen molar-refractivity contribution in [2.75, 3.05) is 13.1 Å². The summed E-state index contributed by atoms with van der Waals surface area (Å²) in [5.41, 5.74) is 0.0841. The first kappa shape index (κ1) is 21.3. The second-order valence-corrected chi connectivity index (χ2v) is 8.15. The van der Waals surface area contributed by atoms with E-state index < -0.39 is 11.7 Å². The molecule has 3 aromatic heterocycles. The van der Waals surface area contributed by atoms with Crippen LogP contribution in [0.3, 0.4) is 0 Å². The highest BCUT2D eigenvalue weighted by Crippen LogP contribution is 2.40. The number of aromatic nitrogens is 4. The van der Waals surface area contributed by atoms with E-state index in [4.69, 9.17) is 4.52 Å². The summed E-state index contributed by atoms with van der Waals surface area (Å²) in [5.74, 6) is -0.747. The zero-order valence-corrected chi connectivity index (χ0v) is 17.6. The van der Waals surface area contributed by atoms with Crippen molar-refractivity contribution in [3.05, 3.63) is 41.2 Å². The van der Waals surface area contributed by atoms with Crippen molar-refractivity contribution < 1.29 is 22.5 Å². The van der Waals surface area contributed by atoms with Crippen molar-refractivity contribution in [1.29, 1.82) is 0 Å². The minimum Gasteiger partial charge on any atom is -0.337 e. The van der Waals surface area contributed by atoms with Crippen molar-refractivity contribution in [1.82, 2.24) is 24.6 Å². The maximum Gasteiger partial charge on any atom is 0.417 e. The number of aryl methyl sites for hydroxylation is 1. The smallest absolute Gasteiger partial charge is 0.337 e. The molecule has 1 aliphatic heterocycles. The maximum atomic E-state index is 13.9. The fourth-order valence-electron chi connectivity index (χ4n) is 4.09. The molecule has 1 amide bonds. The van der Waals surface area contributed by atoms with E-state index >= 15 is 0 Å². The molecule has 0 radical (unpaired) electrons. The lowest BCUT2D eigenvalue weighted by molar-refractivity contribution is -0.136. The van der Waals surface area contributed by atoms with Crippen LogP contribution in [0.5, 0.6) is 0 Å². The Labute approximate surface area is 177 Å². The molecule has 0 bridgehead atoms. The Morgan fingerprint density at radius 1 is 1.35 bits per heavy atom. The number of halogens is 3. The minimum atomic E-state index is -4.57. The summed E-state index contributed by atoms with van der Waals surface area (Å²) >= 11 is 0. The van der Waals surface area contributed by atoms with Gasteiger partial charge >= 0.3 is 6.18 Å². The molecule has 0 unspecified atom stereocenters. The summed E-state index contributed by atoms with van der Waals surface area (Å²) < 4.78 is 48.7. The number of carbonyl (C=O) groups excluding carboxylic acids is 1. The molecule has 1 saturated heterocycles. The van der Waals surface area contributed by atoms with Crippen molar-refractivity contribution in [3.8, 4) is 0 Å². The van der Waals surface area contributed by atoms with E-state index in [0.29, 0.717) is 37.3 Å². The van der Waals surface area contributed by atoms with Crippen LogP contribution >= 0.6 is 0 Å². The molecule has 4 heterocycles. The van der Waals surface area contributed by atoms with Crippen LogP contribution in [0.4, 0.5) is 13.2 Å². The molecule has 0 N–H and O–H groups in total. The average Bonchev–Trinajstić information content (AvgIpc) is 3.38. The van der Waals surface area contributed by atoms with Crippen LogP contribution in [0.2, 0.25) is 0 Å². The number of alkyl halides is 3. The summed E-state index contributed by atoms with van der Waals surface area (Å²) in [7, 11) is 0. The molecule has 0 saturated carbocycles. The van der Waals surface area contributed by atoms with Gasteiger partial charge in [0.15, 0.2) is 0 Å². The number of hydrogen-bond acceptors (Lipinski definition) is 5. The lowest BCUT2D eigenvalue weighted by Gasteiger charge is -2.32. The third kappa shape index (κ3) is 3.90. The minimum absolute atomic E-state index is 0.102. The fraction of sp³-hybridized carbons (Fsp3) is 0.524. The summed E-state index contributed by atoms with van der Waals surface area (Å²) in [6.45, 7) is 6.86. The Balaban J connectivity index is 1.71. The largest absolute Gasteiger partial charge is 0.417 e. The third-order valence-corrected chi connectivity index (χ3v) is 5.76. The van der Waals surface area contributed by atoms with Crippen molar-refractivity contribution in [3.63, 3.8) is 0 Å². The van der Waals surface area contributed by atoms with Gasteiger partial charge in [-0.05, 0) is 31.7 Å². The summed E-state index contributed by atoms with van der Waals surface area (Å²) in [6.07, 6.45) is -0.193. The summed E-state index contributed by atoms with van der Waals surface area (Å²) in [4.78, 5) is 22.9. The van der Waals surface area contributed by atoms with E-state index in [1.807, 2.05) is 6.92 Å². The Hall–Kier alpha value is -2.91. The molecule has 7 nitrogen and oxygen atoms in total. The van der Waals surface area contributed by atoms with E-state index in [9.17, 15) is 18.0 Å². The van der Waals surface area contributed by atoms with Crippen LogP contribution in [0.1, 0.15) is 72.9 Å². The van der Waals surface area contributed by atoms with Gasteiger partial charge in [0, 0.05) is 31.2 Å². The summed E-state index contributed by atoms with van der Waals surface area (Å²) in [6, 6.07) is 1.08. The van der Waals surface area contributed by atoms with Crippen LogP contribution in [0.25, 0.3) is 11.1 Å². The molecule has 0 spiro atoms. The molecule has 1 aliphatic rings. The standard InChI is InChI=1S/C21H24F3N5O2/c1-4-28-11-25-9-16(28)20(30)29-7-5-6-13(10-29)18-17-14(21(22,23)24)8-15(12(2)3)26-19(17)31-27-18/h8-9,11-13H,4-7,10H2,1-3H3/t13-/m0/s1. The van der Waals surface area contributed by atoms with Gasteiger partial charge in [-0.25, -0.2) is 9.97 Å². The van der Waals surface area contributed by atoms with E-state index in [0.717, 1.165) is 6.07 Å². The summed E-state index contributed by atoms with van der Waals surface area (Å²) in [5, 5.41) is 3.89. The lowest BCUT2D eigenvalue weighted by atomic mass is 9.91. The Morgan fingerprint density at radius 2 is 2.13 bits per heavy atom. The monoisotopic (exact) mass is 435 g/mol. The number of nitrogens with zero attached hydrogens (tertiary/aromatic N) is 5. The maximum absolute atomic E-state index is 13.9. The van der Waals surface area contributed by atoms with Crippen molar-refractivity contribution in [2.45, 2.75) is 58.2 Å². The molecule has 4 rings (SSSR count). The van der Waals surface area contributed by atoms with Crippen LogP contribution in [-0.4, -0.2) is 43.6 Å². The lowest BCUT2D eigenvalue weighted by Crippen LogP contribution is -2.40. The molecular weight excluding hydrogens is 411 g/mol. The highest BCUT2D eigenvalue weighted by atomic mass is 19.4. The number of rotatable bonds is 4. The predicted molar refractivity (Wildman–Crippen MR) is 107 cm³/mol. The first-order chi connectivity index (χ1) is 14.7. The highest BCUT2D eigenvalue weighted by Gasteiger charge is 2.38. The predicted octanol–water partition coefficient (Wildman–Crippen LogP) is 4.60. The van der Waals surface area contributed by atoms with Gasteiger partial charge in [-0.15, -0.1) is 0 Å². The number of carbonyl (C=O) groups is 1. The van der Waals surface area contributed by atoms with E-state index in [1.54, 1.807) is 29.6 Å². The number of imidazole rings is 1. The number of amides is 1. The van der Waals surface area contributed by atoms with E-state index in [1.165, 1.54) is 6.20 Å². The van der Waals surface area contributed by atoms with Crippen molar-refractivity contribution >= 4 is 17.0 Å². The normalized spacial score (nSPS) is 17.6. The Kier molecular flexibility index (Phi) is 5.49. The molecule has 1 atom stereocenters. The van der Waals surface area contributed by atoms with Crippen LogP contribution in [-0.2, 0) is 12.7 Å². The van der Waals surface area contributed by atoms with Gasteiger partial charge in [-0.3, -0.25) is 4.79 Å². The number of likely N-dealkylation sites (tertiary alicyclic amines) is 1. The third-order valence-electron chi connectivity index (χ3n) is 5.76. The van der Waals surface area contributed by atoms with Gasteiger partial charge in [-0.1, -0.05) is 19.0 Å². The topological polar surface area (TPSA) is 77.0 Å². The zero-order chi connectivity index (χ0) is 22.3. The van der Waals surface area contributed by atoms with Gasteiger partial charge in [-0.2, -0.15) is 13.2 Å². The first-order valence-electron chi connectivity index (χ1n) is 10.4. The second kappa shape index (κ2) is 7.97. The number of piperidine rings is 1. The first-order valence-corrected chi connectivity index (χ1v) is 10.4. The van der Waals surface area contributed by atoms with Gasteiger partial charge in [0.1, 0.15) is 5.69 Å². The average molecular weight is 435 g/mol. The molecule has 166 valence electrons. The van der Waals surface area contributed by atoms with Gasteiger partial charge < -0.3 is 14.0 Å². The highest BCUT2D eigenvalue weighted by molar-refractivity contribution is 5.92. The molecule has 10 heteroatoms. The molecule has 0 aliphatic carbocycles. The molecule has 0 aromatic carbocycles. The van der Waals surface area contributed by atoms with E-state index in [-0.39, 0.29) is 41.1 Å². The number of fused-ring (bicyclic) bond motifs is 1. The van der Waals surface area contributed by atoms with E-state index in [2.05, 4.69) is 15.1 Å². The zero-order valence-electron chi connectivity index (χ0n) is 17.6. The van der Waals surface area contributed by atoms with Crippen LogP contribution < -0.4 is 0 Å². The molecule has 1 fully saturated rings. The molecule has 31 heavy (non-hydrogen) atoms. The van der Waals surface area contributed by atoms with Crippen molar-refractivity contribution in [2.24, 2.45) is 0 Å². The molecular formula is C21H24F3N5O2. The number of hydrogen-bond donors (Lipinski definition) is 0. The fourth-order valence-corrected chi connectivity index (χ4v) is 4.09. The van der Waals surface area contributed by atoms with Gasteiger partial charge in [0.25, 0.3) is 11.6 Å². The SMILES string of the molecule is CCn1cncc1C(=O)N1CCC[C@H](c2noc3nc(C(C)C)cc(C(F)(F)F)c23)C1. The second-order valence-electron chi connectivity index (χ2n) is 8.15.